The summed E-state index contributed by atoms with van der Waals surface area (Å²) in [4.78, 5) is 12.1. The van der Waals surface area contributed by atoms with Crippen LogP contribution in [-0.4, -0.2) is 19.2 Å². The van der Waals surface area contributed by atoms with Gasteiger partial charge in [0, 0.05) is 16.0 Å². The van der Waals surface area contributed by atoms with Gasteiger partial charge in [-0.2, -0.15) is 0 Å². The first-order valence-corrected chi connectivity index (χ1v) is 10.3. The lowest BCUT2D eigenvalue weighted by atomic mass is 9.98. The molecule has 0 aliphatic heterocycles. The van der Waals surface area contributed by atoms with Gasteiger partial charge in [-0.15, -0.1) is 0 Å². The van der Waals surface area contributed by atoms with Crippen LogP contribution >= 0.6 is 27.5 Å². The number of benzene rings is 3. The first kappa shape index (κ1) is 19.6. The smallest absolute Gasteiger partial charge is 0.407 e. The molecule has 3 aromatic carbocycles. The number of ether oxygens (including phenoxy) is 1. The fourth-order valence-electron chi connectivity index (χ4n) is 3.49. The SMILES string of the molecule is O=C(NCC#Cc1ccc(Br)c(Cl)c1)OCC1c2ccccc2-c2ccccc21. The summed E-state index contributed by atoms with van der Waals surface area (Å²) in [5.41, 5.74) is 5.57. The van der Waals surface area contributed by atoms with Gasteiger partial charge in [0.15, 0.2) is 0 Å². The van der Waals surface area contributed by atoms with Gasteiger partial charge in [-0.1, -0.05) is 72.0 Å². The zero-order chi connectivity index (χ0) is 20.2. The minimum absolute atomic E-state index is 0.0455. The lowest BCUT2D eigenvalue weighted by Crippen LogP contribution is -2.26. The Morgan fingerprint density at radius 1 is 1.03 bits per heavy atom. The number of hydrogen-bond donors (Lipinski definition) is 1. The maximum Gasteiger partial charge on any atom is 0.407 e. The van der Waals surface area contributed by atoms with E-state index in [2.05, 4.69) is 57.4 Å². The highest BCUT2D eigenvalue weighted by molar-refractivity contribution is 9.10. The Kier molecular flexibility index (Phi) is 5.89. The normalized spacial score (nSPS) is 11.8. The number of rotatable bonds is 3. The highest BCUT2D eigenvalue weighted by Crippen LogP contribution is 2.44. The van der Waals surface area contributed by atoms with Gasteiger partial charge in [-0.05, 0) is 56.4 Å². The van der Waals surface area contributed by atoms with E-state index in [1.54, 1.807) is 6.07 Å². The predicted octanol–water partition coefficient (Wildman–Crippen LogP) is 5.99. The van der Waals surface area contributed by atoms with E-state index in [0.717, 1.165) is 10.0 Å². The van der Waals surface area contributed by atoms with Crippen molar-refractivity contribution in [3.8, 4) is 23.0 Å². The van der Waals surface area contributed by atoms with E-state index in [1.807, 2.05) is 36.4 Å². The van der Waals surface area contributed by atoms with Gasteiger partial charge in [0.2, 0.25) is 0 Å². The molecule has 0 fully saturated rings. The Hall–Kier alpha value is -2.74. The molecule has 3 aromatic rings. The first-order valence-electron chi connectivity index (χ1n) is 9.16. The van der Waals surface area contributed by atoms with Gasteiger partial charge < -0.3 is 10.1 Å². The molecule has 1 N–H and O–H groups in total. The number of alkyl carbamates (subject to hydrolysis) is 1. The molecule has 0 atom stereocenters. The van der Waals surface area contributed by atoms with E-state index >= 15 is 0 Å². The maximum atomic E-state index is 12.1. The highest BCUT2D eigenvalue weighted by Gasteiger charge is 2.28. The maximum absolute atomic E-state index is 12.1. The summed E-state index contributed by atoms with van der Waals surface area (Å²) in [6, 6.07) is 22.0. The molecule has 0 saturated carbocycles. The van der Waals surface area contributed by atoms with E-state index in [4.69, 9.17) is 16.3 Å². The van der Waals surface area contributed by atoms with Crippen LogP contribution < -0.4 is 5.32 Å². The van der Waals surface area contributed by atoms with Crippen LogP contribution in [0.25, 0.3) is 11.1 Å². The average Bonchev–Trinajstić information content (AvgIpc) is 3.06. The van der Waals surface area contributed by atoms with Crippen molar-refractivity contribution >= 4 is 33.6 Å². The van der Waals surface area contributed by atoms with E-state index in [1.165, 1.54) is 22.3 Å². The topological polar surface area (TPSA) is 38.3 Å². The third-order valence-electron chi connectivity index (χ3n) is 4.82. The molecule has 29 heavy (non-hydrogen) atoms. The van der Waals surface area contributed by atoms with Gasteiger partial charge in [0.25, 0.3) is 0 Å². The van der Waals surface area contributed by atoms with Crippen LogP contribution in [0.4, 0.5) is 4.79 Å². The summed E-state index contributed by atoms with van der Waals surface area (Å²) in [6.07, 6.45) is -0.477. The Balaban J connectivity index is 1.35. The van der Waals surface area contributed by atoms with Crippen molar-refractivity contribution in [3.63, 3.8) is 0 Å². The Morgan fingerprint density at radius 2 is 1.69 bits per heavy atom. The number of amides is 1. The van der Waals surface area contributed by atoms with E-state index in [0.29, 0.717) is 5.02 Å². The molecule has 1 aliphatic carbocycles. The summed E-state index contributed by atoms with van der Waals surface area (Å²) < 4.78 is 6.30. The van der Waals surface area contributed by atoms with Gasteiger partial charge >= 0.3 is 6.09 Å². The predicted molar refractivity (Wildman–Crippen MR) is 119 cm³/mol. The van der Waals surface area contributed by atoms with Crippen molar-refractivity contribution in [2.45, 2.75) is 5.92 Å². The van der Waals surface area contributed by atoms with Crippen molar-refractivity contribution in [1.82, 2.24) is 5.32 Å². The van der Waals surface area contributed by atoms with E-state index in [9.17, 15) is 4.79 Å². The average molecular weight is 467 g/mol. The number of halogens is 2. The molecule has 3 nitrogen and oxygen atoms in total. The molecule has 0 heterocycles. The summed E-state index contributed by atoms with van der Waals surface area (Å²) >= 11 is 9.39. The molecule has 0 radical (unpaired) electrons. The standard InChI is InChI=1S/C24H17BrClNO2/c25-22-12-11-16(14-23(22)26)6-5-13-27-24(28)29-15-21-19-9-3-1-7-17(19)18-8-2-4-10-20(18)21/h1-4,7-12,14,21H,13,15H2,(H,27,28). The third kappa shape index (κ3) is 4.32. The molecule has 0 bridgehead atoms. The molecule has 1 amide bonds. The quantitative estimate of drug-likeness (QED) is 0.481. The summed E-state index contributed by atoms with van der Waals surface area (Å²) in [7, 11) is 0. The van der Waals surface area contributed by atoms with Crippen LogP contribution in [-0.2, 0) is 4.74 Å². The molecule has 0 aromatic heterocycles. The number of carbonyl (C=O) groups is 1. The second-order valence-electron chi connectivity index (χ2n) is 6.61. The highest BCUT2D eigenvalue weighted by atomic mass is 79.9. The van der Waals surface area contributed by atoms with Crippen molar-refractivity contribution in [3.05, 3.63) is 92.9 Å². The van der Waals surface area contributed by atoms with Gasteiger partial charge in [-0.3, -0.25) is 0 Å². The molecule has 1 aliphatic rings. The summed E-state index contributed by atoms with van der Waals surface area (Å²) in [5, 5.41) is 3.27. The monoisotopic (exact) mass is 465 g/mol. The molecule has 4 rings (SSSR count). The van der Waals surface area contributed by atoms with Crippen LogP contribution in [0.2, 0.25) is 5.02 Å². The molecule has 144 valence electrons. The number of hydrogen-bond acceptors (Lipinski definition) is 2. The van der Waals surface area contributed by atoms with Gasteiger partial charge in [-0.25, -0.2) is 4.79 Å². The van der Waals surface area contributed by atoms with E-state index in [-0.39, 0.29) is 19.1 Å². The molecule has 0 saturated heterocycles. The Labute approximate surface area is 183 Å². The fourth-order valence-corrected chi connectivity index (χ4v) is 3.91. The summed E-state index contributed by atoms with van der Waals surface area (Å²) in [6.45, 7) is 0.486. The van der Waals surface area contributed by atoms with Crippen LogP contribution in [0.3, 0.4) is 0 Å². The summed E-state index contributed by atoms with van der Waals surface area (Å²) in [5.74, 6) is 5.91. The zero-order valence-corrected chi connectivity index (χ0v) is 17.8. The van der Waals surface area contributed by atoms with Crippen LogP contribution in [0, 0.1) is 11.8 Å². The number of nitrogens with one attached hydrogen (secondary N) is 1. The van der Waals surface area contributed by atoms with Crippen molar-refractivity contribution in [2.75, 3.05) is 13.2 Å². The fraction of sp³-hybridized carbons (Fsp3) is 0.125. The lowest BCUT2D eigenvalue weighted by Gasteiger charge is -2.14. The third-order valence-corrected chi connectivity index (χ3v) is 6.05. The van der Waals surface area contributed by atoms with Crippen LogP contribution in [0.1, 0.15) is 22.6 Å². The second-order valence-corrected chi connectivity index (χ2v) is 7.87. The minimum atomic E-state index is -0.477. The van der Waals surface area contributed by atoms with Crippen LogP contribution in [0.15, 0.2) is 71.2 Å². The molecule has 0 spiro atoms. The van der Waals surface area contributed by atoms with Crippen molar-refractivity contribution in [2.24, 2.45) is 0 Å². The largest absolute Gasteiger partial charge is 0.449 e. The lowest BCUT2D eigenvalue weighted by molar-refractivity contribution is 0.144. The molecular formula is C24H17BrClNO2. The van der Waals surface area contributed by atoms with Gasteiger partial charge in [0.05, 0.1) is 11.6 Å². The van der Waals surface area contributed by atoms with Gasteiger partial charge in [0.1, 0.15) is 6.61 Å². The molecule has 5 heteroatoms. The first-order chi connectivity index (χ1) is 14.1. The second kappa shape index (κ2) is 8.73. The Morgan fingerprint density at radius 3 is 2.34 bits per heavy atom. The zero-order valence-electron chi connectivity index (χ0n) is 15.4. The molecule has 0 unspecified atom stereocenters. The number of carbonyl (C=O) groups excluding carboxylic acids is 1. The minimum Gasteiger partial charge on any atom is -0.449 e. The Bertz CT molecular complexity index is 1090. The van der Waals surface area contributed by atoms with Crippen molar-refractivity contribution in [1.29, 1.82) is 0 Å². The number of fused-ring (bicyclic) bond motifs is 3. The van der Waals surface area contributed by atoms with E-state index < -0.39 is 6.09 Å². The van der Waals surface area contributed by atoms with Crippen molar-refractivity contribution < 1.29 is 9.53 Å². The van der Waals surface area contributed by atoms with Crippen LogP contribution in [0.5, 0.6) is 0 Å². The molecular weight excluding hydrogens is 450 g/mol.